The van der Waals surface area contributed by atoms with E-state index in [1.165, 1.54) is 24.0 Å². The maximum Gasteiger partial charge on any atom is 0.00187 e. The second kappa shape index (κ2) is 13.8. The van der Waals surface area contributed by atoms with Crippen molar-refractivity contribution in [3.63, 3.8) is 0 Å². The van der Waals surface area contributed by atoms with Crippen molar-refractivity contribution in [3.8, 4) is 0 Å². The van der Waals surface area contributed by atoms with Crippen molar-refractivity contribution in [2.24, 2.45) is 0 Å². The van der Waals surface area contributed by atoms with Gasteiger partial charge in [0, 0.05) is 14.0 Å². The number of unbranched alkanes of at least 4 members (excludes halogenated alkanes) is 1. The van der Waals surface area contributed by atoms with Gasteiger partial charge in [-0.15, -0.1) is 0 Å². The predicted octanol–water partition coefficient (Wildman–Crippen LogP) is 4.77. The van der Waals surface area contributed by atoms with Gasteiger partial charge in [-0.1, -0.05) is 71.7 Å². The van der Waals surface area contributed by atoms with Crippen molar-refractivity contribution in [2.75, 3.05) is 26.7 Å². The Morgan fingerprint density at radius 1 is 0.955 bits per heavy atom. The number of nitrogens with zero attached hydrogens (tertiary/aromatic N) is 1. The monoisotopic (exact) mass is 308 g/mol. The van der Waals surface area contributed by atoms with Crippen LogP contribution in [0.4, 0.5) is 0 Å². The molecule has 0 amide bonds. The van der Waals surface area contributed by atoms with Crippen LogP contribution in [-0.4, -0.2) is 37.6 Å². The van der Waals surface area contributed by atoms with Crippen molar-refractivity contribution in [3.05, 3.63) is 35.4 Å². The molecule has 0 aliphatic rings. The van der Waals surface area contributed by atoms with Crippen LogP contribution in [0.2, 0.25) is 0 Å². The van der Waals surface area contributed by atoms with Gasteiger partial charge in [-0.3, -0.25) is 0 Å². The van der Waals surface area contributed by atoms with Crippen molar-refractivity contribution >= 4 is 0 Å². The summed E-state index contributed by atoms with van der Waals surface area (Å²) in [6.07, 6.45) is 4.90. The molecule has 1 rings (SSSR count). The van der Waals surface area contributed by atoms with E-state index >= 15 is 0 Å². The van der Waals surface area contributed by atoms with Crippen molar-refractivity contribution < 1.29 is 1.43 Å². The molecular weight excluding hydrogens is 268 g/mol. The molecule has 0 spiro atoms. The summed E-state index contributed by atoms with van der Waals surface area (Å²) in [6.45, 7) is 14.3. The largest absolute Gasteiger partial charge is 0.314 e. The number of likely N-dealkylation sites (N-methyl/N-ethyl adjacent to an activating group) is 1. The Morgan fingerprint density at radius 2 is 1.45 bits per heavy atom. The van der Waals surface area contributed by atoms with E-state index in [4.69, 9.17) is 0 Å². The van der Waals surface area contributed by atoms with Crippen LogP contribution in [0.3, 0.4) is 0 Å². The molecule has 22 heavy (non-hydrogen) atoms. The highest BCUT2D eigenvalue weighted by Gasteiger charge is 1.98. The van der Waals surface area contributed by atoms with E-state index in [1.54, 1.807) is 0 Å². The average Bonchev–Trinajstić information content (AvgIpc) is 2.53. The molecule has 0 aromatic heterocycles. The molecule has 0 unspecified atom stereocenters. The molecule has 0 bridgehead atoms. The van der Waals surface area contributed by atoms with Gasteiger partial charge in [0.1, 0.15) is 0 Å². The van der Waals surface area contributed by atoms with Crippen LogP contribution in [-0.2, 0) is 12.8 Å². The SMILES string of the molecule is CCCC.CCN(C)CCc1ccc(CCNC(C)C)cc1.[HH]. The third-order valence-electron chi connectivity index (χ3n) is 3.81. The molecule has 0 saturated heterocycles. The molecule has 1 aromatic carbocycles. The lowest BCUT2D eigenvalue weighted by Crippen LogP contribution is -2.24. The first-order valence-corrected chi connectivity index (χ1v) is 9.03. The van der Waals surface area contributed by atoms with Gasteiger partial charge in [-0.2, -0.15) is 0 Å². The minimum atomic E-state index is 0. The molecule has 2 heteroatoms. The highest BCUT2D eigenvalue weighted by atomic mass is 15.1. The zero-order valence-electron chi connectivity index (χ0n) is 15.8. The van der Waals surface area contributed by atoms with Crippen LogP contribution in [0.1, 0.15) is 60.0 Å². The second-order valence-corrected chi connectivity index (χ2v) is 6.32. The predicted molar refractivity (Wildman–Crippen MR) is 103 cm³/mol. The molecule has 1 N–H and O–H groups in total. The van der Waals surface area contributed by atoms with Crippen molar-refractivity contribution in [2.45, 2.75) is 66.3 Å². The fraction of sp³-hybridized carbons (Fsp3) is 0.700. The van der Waals surface area contributed by atoms with Gasteiger partial charge in [0.15, 0.2) is 0 Å². The van der Waals surface area contributed by atoms with Gasteiger partial charge in [0.05, 0.1) is 0 Å². The van der Waals surface area contributed by atoms with Crippen LogP contribution < -0.4 is 5.32 Å². The molecule has 0 aliphatic carbocycles. The summed E-state index contributed by atoms with van der Waals surface area (Å²) in [4.78, 5) is 2.35. The lowest BCUT2D eigenvalue weighted by Gasteiger charge is -2.13. The van der Waals surface area contributed by atoms with Gasteiger partial charge in [-0.05, 0) is 44.1 Å². The Labute approximate surface area is 140 Å². The van der Waals surface area contributed by atoms with Gasteiger partial charge in [0.2, 0.25) is 0 Å². The minimum Gasteiger partial charge on any atom is -0.314 e. The first kappa shape index (κ1) is 21.1. The quantitative estimate of drug-likeness (QED) is 0.706. The van der Waals surface area contributed by atoms with Crippen LogP contribution >= 0.6 is 0 Å². The summed E-state index contributed by atoms with van der Waals surface area (Å²) in [7, 11) is 2.17. The molecule has 0 radical (unpaired) electrons. The second-order valence-electron chi connectivity index (χ2n) is 6.32. The maximum atomic E-state index is 3.45. The van der Waals surface area contributed by atoms with Crippen molar-refractivity contribution in [1.29, 1.82) is 0 Å². The zero-order chi connectivity index (χ0) is 16.8. The molecule has 1 aromatic rings. The summed E-state index contributed by atoms with van der Waals surface area (Å²) in [5.74, 6) is 0. The fourth-order valence-electron chi connectivity index (χ4n) is 1.86. The fourth-order valence-corrected chi connectivity index (χ4v) is 1.86. The lowest BCUT2D eigenvalue weighted by molar-refractivity contribution is 0.357. The number of hydrogen-bond donors (Lipinski definition) is 1. The Bertz CT molecular complexity index is 347. The summed E-state index contributed by atoms with van der Waals surface area (Å²) >= 11 is 0. The third-order valence-corrected chi connectivity index (χ3v) is 3.81. The van der Waals surface area contributed by atoms with Crippen LogP contribution in [0.25, 0.3) is 0 Å². The molecule has 2 nitrogen and oxygen atoms in total. The first-order chi connectivity index (χ1) is 10.5. The van der Waals surface area contributed by atoms with Crippen LogP contribution in [0, 0.1) is 0 Å². The van der Waals surface area contributed by atoms with Crippen LogP contribution in [0.5, 0.6) is 0 Å². The highest BCUT2D eigenvalue weighted by molar-refractivity contribution is 5.23. The summed E-state index contributed by atoms with van der Waals surface area (Å²) in [5, 5.41) is 3.45. The first-order valence-electron chi connectivity index (χ1n) is 9.03. The maximum absolute atomic E-state index is 3.45. The Balaban J connectivity index is 0. The summed E-state index contributed by atoms with van der Waals surface area (Å²) < 4.78 is 0. The smallest absolute Gasteiger partial charge is 0.00187 e. The molecule has 130 valence electrons. The molecular formula is C20H40N2. The van der Waals surface area contributed by atoms with E-state index in [2.05, 4.69) is 76.1 Å². The molecule has 0 saturated carbocycles. The van der Waals surface area contributed by atoms with E-state index in [-0.39, 0.29) is 1.43 Å². The van der Waals surface area contributed by atoms with E-state index in [0.29, 0.717) is 6.04 Å². The standard InChI is InChI=1S/C16H28N2.C4H10.H2/c1-5-18(4)13-11-16-8-6-15(7-9-16)10-12-17-14(2)3;1-3-4-2;/h6-9,14,17H,5,10-13H2,1-4H3;3-4H2,1-2H3;1H. The van der Waals surface area contributed by atoms with E-state index < -0.39 is 0 Å². The van der Waals surface area contributed by atoms with Crippen molar-refractivity contribution in [1.82, 2.24) is 10.2 Å². The number of hydrogen-bond acceptors (Lipinski definition) is 2. The summed E-state index contributed by atoms with van der Waals surface area (Å²) in [6, 6.07) is 9.66. The molecule has 0 heterocycles. The number of rotatable bonds is 9. The van der Waals surface area contributed by atoms with E-state index in [1.807, 2.05) is 0 Å². The third kappa shape index (κ3) is 11.8. The zero-order valence-corrected chi connectivity index (χ0v) is 15.8. The van der Waals surface area contributed by atoms with Crippen LogP contribution in [0.15, 0.2) is 24.3 Å². The Kier molecular flexibility index (Phi) is 13.2. The Hall–Kier alpha value is -0.860. The lowest BCUT2D eigenvalue weighted by atomic mass is 10.1. The molecule has 0 aliphatic heterocycles. The summed E-state index contributed by atoms with van der Waals surface area (Å²) in [5.41, 5.74) is 2.87. The minimum absolute atomic E-state index is 0. The highest BCUT2D eigenvalue weighted by Crippen LogP contribution is 2.06. The Morgan fingerprint density at radius 3 is 1.86 bits per heavy atom. The van der Waals surface area contributed by atoms with Gasteiger partial charge in [-0.25, -0.2) is 0 Å². The number of nitrogens with one attached hydrogen (secondary N) is 1. The molecule has 0 fully saturated rings. The van der Waals surface area contributed by atoms with E-state index in [0.717, 1.165) is 32.5 Å². The van der Waals surface area contributed by atoms with Gasteiger partial charge >= 0.3 is 0 Å². The van der Waals surface area contributed by atoms with E-state index in [9.17, 15) is 0 Å². The van der Waals surface area contributed by atoms with Gasteiger partial charge < -0.3 is 10.2 Å². The average molecular weight is 309 g/mol. The van der Waals surface area contributed by atoms with Gasteiger partial charge in [0.25, 0.3) is 0 Å². The number of benzene rings is 1. The topological polar surface area (TPSA) is 15.3 Å². The molecule has 0 atom stereocenters. The normalized spacial score (nSPS) is 10.7.